The maximum Gasteiger partial charge on any atom is 0.137 e. The van der Waals surface area contributed by atoms with Gasteiger partial charge < -0.3 is 10.2 Å². The number of anilines is 2. The van der Waals surface area contributed by atoms with Crippen LogP contribution in [-0.2, 0) is 6.54 Å². The van der Waals surface area contributed by atoms with Crippen LogP contribution in [0.1, 0.15) is 18.4 Å². The smallest absolute Gasteiger partial charge is 0.137 e. The highest BCUT2D eigenvalue weighted by molar-refractivity contribution is 9.10. The first-order valence-corrected chi connectivity index (χ1v) is 9.23. The fourth-order valence-corrected chi connectivity index (χ4v) is 3.52. The number of hydrogen-bond donors (Lipinski definition) is 1. The van der Waals surface area contributed by atoms with E-state index in [1.807, 2.05) is 37.2 Å². The van der Waals surface area contributed by atoms with Gasteiger partial charge in [0.05, 0.1) is 4.47 Å². The Hall–Kier alpha value is -1.73. The van der Waals surface area contributed by atoms with Crippen LogP contribution >= 0.6 is 15.9 Å². The number of halogens is 2. The minimum atomic E-state index is -0.220. The number of nitrogens with zero attached hydrogens (tertiary/aromatic N) is 4. The van der Waals surface area contributed by atoms with E-state index in [-0.39, 0.29) is 5.82 Å². The van der Waals surface area contributed by atoms with E-state index in [9.17, 15) is 4.39 Å². The Kier molecular flexibility index (Phi) is 5.86. The maximum absolute atomic E-state index is 13.4. The fourth-order valence-electron chi connectivity index (χ4n) is 3.09. The van der Waals surface area contributed by atoms with E-state index in [1.165, 1.54) is 6.07 Å². The number of aromatic nitrogens is 2. The molecular formula is C18H23BrFN5. The molecule has 0 radical (unpaired) electrons. The van der Waals surface area contributed by atoms with Gasteiger partial charge in [0.2, 0.25) is 0 Å². The Balaban J connectivity index is 1.61. The van der Waals surface area contributed by atoms with E-state index in [2.05, 4.69) is 36.1 Å². The molecule has 2 heterocycles. The topological polar surface area (TPSA) is 44.3 Å². The van der Waals surface area contributed by atoms with Crippen molar-refractivity contribution in [1.82, 2.24) is 14.9 Å². The number of nitrogens with one attached hydrogen (secondary N) is 1. The second-order valence-corrected chi connectivity index (χ2v) is 7.48. The highest BCUT2D eigenvalue weighted by Gasteiger charge is 2.20. The summed E-state index contributed by atoms with van der Waals surface area (Å²) in [7, 11) is 3.94. The van der Waals surface area contributed by atoms with Crippen LogP contribution in [0.15, 0.2) is 35.1 Å². The van der Waals surface area contributed by atoms with E-state index < -0.39 is 0 Å². The van der Waals surface area contributed by atoms with Gasteiger partial charge in [-0.15, -0.1) is 0 Å². The summed E-state index contributed by atoms with van der Waals surface area (Å²) in [4.78, 5) is 12.9. The van der Waals surface area contributed by atoms with Gasteiger partial charge in [-0.05, 0) is 53.0 Å². The van der Waals surface area contributed by atoms with Crippen molar-refractivity contribution in [3.05, 3.63) is 46.4 Å². The predicted octanol–water partition coefficient (Wildman–Crippen LogP) is 3.52. The van der Waals surface area contributed by atoms with Crippen molar-refractivity contribution in [3.63, 3.8) is 0 Å². The van der Waals surface area contributed by atoms with Gasteiger partial charge in [0.1, 0.15) is 23.8 Å². The van der Waals surface area contributed by atoms with E-state index >= 15 is 0 Å². The molecule has 0 spiro atoms. The molecule has 1 aliphatic heterocycles. The molecule has 1 saturated heterocycles. The number of rotatable bonds is 5. The molecule has 1 atom stereocenters. The van der Waals surface area contributed by atoms with Crippen LogP contribution in [0.5, 0.6) is 0 Å². The van der Waals surface area contributed by atoms with Crippen molar-refractivity contribution in [2.45, 2.75) is 25.4 Å². The minimum Gasteiger partial charge on any atom is -0.366 e. The minimum absolute atomic E-state index is 0.220. The third-order valence-corrected chi connectivity index (χ3v) is 4.97. The molecule has 0 saturated carbocycles. The Labute approximate surface area is 156 Å². The van der Waals surface area contributed by atoms with Crippen molar-refractivity contribution in [3.8, 4) is 0 Å². The summed E-state index contributed by atoms with van der Waals surface area (Å²) in [5, 5.41) is 3.52. The number of benzene rings is 1. The quantitative estimate of drug-likeness (QED) is 0.821. The van der Waals surface area contributed by atoms with E-state index in [0.717, 1.165) is 49.7 Å². The summed E-state index contributed by atoms with van der Waals surface area (Å²) in [6, 6.07) is 7.55. The summed E-state index contributed by atoms with van der Waals surface area (Å²) in [6.07, 6.45) is 3.84. The maximum atomic E-state index is 13.4. The first-order chi connectivity index (χ1) is 12.0. The number of piperidine rings is 1. The second kappa shape index (κ2) is 8.10. The lowest BCUT2D eigenvalue weighted by molar-refractivity contribution is 0.208. The van der Waals surface area contributed by atoms with Crippen LogP contribution in [0.3, 0.4) is 0 Å². The highest BCUT2D eigenvalue weighted by atomic mass is 79.9. The Morgan fingerprint density at radius 3 is 2.92 bits per heavy atom. The summed E-state index contributed by atoms with van der Waals surface area (Å²) in [5.41, 5.74) is 1.12. The van der Waals surface area contributed by atoms with Crippen molar-refractivity contribution in [2.75, 3.05) is 37.4 Å². The molecule has 5 nitrogen and oxygen atoms in total. The van der Waals surface area contributed by atoms with Gasteiger partial charge in [-0.1, -0.05) is 6.07 Å². The van der Waals surface area contributed by atoms with Crippen LogP contribution in [0.2, 0.25) is 0 Å². The van der Waals surface area contributed by atoms with Crippen LogP contribution in [0.4, 0.5) is 16.0 Å². The zero-order chi connectivity index (χ0) is 17.8. The summed E-state index contributed by atoms with van der Waals surface area (Å²) >= 11 is 3.26. The van der Waals surface area contributed by atoms with Crippen LogP contribution in [0, 0.1) is 5.82 Å². The van der Waals surface area contributed by atoms with Crippen molar-refractivity contribution in [1.29, 1.82) is 0 Å². The van der Waals surface area contributed by atoms with Gasteiger partial charge in [-0.3, -0.25) is 4.90 Å². The summed E-state index contributed by atoms with van der Waals surface area (Å²) < 4.78 is 13.9. The molecular weight excluding hydrogens is 385 g/mol. The Bertz CT molecular complexity index is 724. The first kappa shape index (κ1) is 18.1. The summed E-state index contributed by atoms with van der Waals surface area (Å²) in [6.45, 7) is 2.82. The zero-order valence-electron chi connectivity index (χ0n) is 14.5. The standard InChI is InChI=1S/C18H23BrFN5/c1-24(2)18-9-17(21-12-22-18)23-14-4-3-7-25(11-14)10-13-5-6-16(20)15(19)8-13/h5-6,8-9,12,14H,3-4,7,10-11H2,1-2H3,(H,21,22,23). The lowest BCUT2D eigenvalue weighted by Crippen LogP contribution is -2.41. The number of hydrogen-bond acceptors (Lipinski definition) is 5. The van der Waals surface area contributed by atoms with Crippen LogP contribution < -0.4 is 10.2 Å². The Morgan fingerprint density at radius 1 is 1.32 bits per heavy atom. The molecule has 1 aromatic heterocycles. The molecule has 1 N–H and O–H groups in total. The molecule has 1 aromatic carbocycles. The molecule has 134 valence electrons. The normalized spacial score (nSPS) is 18.2. The Morgan fingerprint density at radius 2 is 2.16 bits per heavy atom. The molecule has 0 bridgehead atoms. The largest absolute Gasteiger partial charge is 0.366 e. The molecule has 7 heteroatoms. The molecule has 0 amide bonds. The van der Waals surface area contributed by atoms with Crippen molar-refractivity contribution < 1.29 is 4.39 Å². The second-order valence-electron chi connectivity index (χ2n) is 6.62. The summed E-state index contributed by atoms with van der Waals surface area (Å²) in [5.74, 6) is 1.53. The average molecular weight is 408 g/mol. The molecule has 1 aliphatic rings. The van der Waals surface area contributed by atoms with E-state index in [4.69, 9.17) is 0 Å². The van der Waals surface area contributed by atoms with Gasteiger partial charge in [0.15, 0.2) is 0 Å². The highest BCUT2D eigenvalue weighted by Crippen LogP contribution is 2.21. The predicted molar refractivity (Wildman–Crippen MR) is 102 cm³/mol. The number of likely N-dealkylation sites (tertiary alicyclic amines) is 1. The van der Waals surface area contributed by atoms with Crippen LogP contribution in [-0.4, -0.2) is 48.1 Å². The fraction of sp³-hybridized carbons (Fsp3) is 0.444. The lowest BCUT2D eigenvalue weighted by Gasteiger charge is -2.33. The molecule has 3 rings (SSSR count). The molecule has 2 aromatic rings. The van der Waals surface area contributed by atoms with Gasteiger partial charge in [0.25, 0.3) is 0 Å². The SMILES string of the molecule is CN(C)c1cc(NC2CCCN(Cc3ccc(F)c(Br)c3)C2)ncn1. The van der Waals surface area contributed by atoms with Gasteiger partial charge in [-0.2, -0.15) is 0 Å². The van der Waals surface area contributed by atoms with E-state index in [0.29, 0.717) is 10.5 Å². The first-order valence-electron chi connectivity index (χ1n) is 8.43. The monoisotopic (exact) mass is 407 g/mol. The van der Waals surface area contributed by atoms with Crippen molar-refractivity contribution in [2.24, 2.45) is 0 Å². The lowest BCUT2D eigenvalue weighted by atomic mass is 10.0. The molecule has 25 heavy (non-hydrogen) atoms. The van der Waals surface area contributed by atoms with Crippen molar-refractivity contribution >= 4 is 27.6 Å². The zero-order valence-corrected chi connectivity index (χ0v) is 16.1. The third-order valence-electron chi connectivity index (χ3n) is 4.36. The molecule has 0 aliphatic carbocycles. The molecule has 1 fully saturated rings. The average Bonchev–Trinajstić information content (AvgIpc) is 2.59. The van der Waals surface area contributed by atoms with Gasteiger partial charge >= 0.3 is 0 Å². The van der Waals surface area contributed by atoms with Gasteiger partial charge in [0, 0.05) is 39.3 Å². The van der Waals surface area contributed by atoms with E-state index in [1.54, 1.807) is 6.33 Å². The third kappa shape index (κ3) is 4.89. The van der Waals surface area contributed by atoms with Crippen LogP contribution in [0.25, 0.3) is 0 Å². The van der Waals surface area contributed by atoms with Gasteiger partial charge in [-0.25, -0.2) is 14.4 Å². The molecule has 1 unspecified atom stereocenters.